The Morgan fingerprint density at radius 1 is 1.50 bits per heavy atom. The molecule has 0 saturated carbocycles. The summed E-state index contributed by atoms with van der Waals surface area (Å²) in [5.41, 5.74) is 0.750. The van der Waals surface area contributed by atoms with Gasteiger partial charge in [-0.3, -0.25) is 0 Å². The van der Waals surface area contributed by atoms with Crippen molar-refractivity contribution in [2.45, 2.75) is 4.90 Å². The van der Waals surface area contributed by atoms with Crippen LogP contribution in [-0.4, -0.2) is 12.8 Å². The summed E-state index contributed by atoms with van der Waals surface area (Å²) < 4.78 is 15.2. The van der Waals surface area contributed by atoms with Crippen LogP contribution in [0.25, 0.3) is 0 Å². The molecule has 0 atom stereocenters. The fourth-order valence-electron chi connectivity index (χ4n) is 1.10. The molecule has 1 aromatic rings. The Bertz CT molecular complexity index is 382. The highest BCUT2D eigenvalue weighted by atomic mass is 79.9. The minimum atomic E-state index is -0.216. The first-order chi connectivity index (χ1) is 7.54. The summed E-state index contributed by atoms with van der Waals surface area (Å²) in [6.45, 7) is 0.621. The fourth-order valence-corrected chi connectivity index (χ4v) is 2.86. The molecule has 1 rings (SSSR count). The average Bonchev–Trinajstić information content (AvgIpc) is 2.16. The Balaban J connectivity index is 2.80. The van der Waals surface area contributed by atoms with Gasteiger partial charge >= 0.3 is 0 Å². The number of rotatable bonds is 4. The number of benzene rings is 1. The van der Waals surface area contributed by atoms with Crippen molar-refractivity contribution in [3.63, 3.8) is 0 Å². The summed E-state index contributed by atoms with van der Waals surface area (Å²) in [6.07, 6.45) is 3.75. The summed E-state index contributed by atoms with van der Waals surface area (Å²) in [5, 5.41) is 3.09. The first-order valence-corrected chi connectivity index (χ1v) is 7.93. The zero-order valence-electron chi connectivity index (χ0n) is 8.36. The van der Waals surface area contributed by atoms with Crippen LogP contribution in [0, 0.1) is 5.82 Å². The molecule has 1 aromatic carbocycles. The standard InChI is InChI=1S/C10H9Br3FNS/c1-16-10-7(11)4-6(5-8(10)14)15-3-2-9(12)13/h2,4-5,15H,3H2,1H3. The second kappa shape index (κ2) is 7.03. The van der Waals surface area contributed by atoms with Gasteiger partial charge in [-0.25, -0.2) is 4.39 Å². The van der Waals surface area contributed by atoms with Crippen LogP contribution in [0.4, 0.5) is 10.1 Å². The molecule has 0 saturated heterocycles. The normalized spacial score (nSPS) is 10.1. The van der Waals surface area contributed by atoms with E-state index >= 15 is 0 Å². The molecule has 1 nitrogen and oxygen atoms in total. The van der Waals surface area contributed by atoms with Gasteiger partial charge in [0, 0.05) is 16.7 Å². The largest absolute Gasteiger partial charge is 0.381 e. The van der Waals surface area contributed by atoms with Crippen molar-refractivity contribution >= 4 is 65.2 Å². The molecule has 16 heavy (non-hydrogen) atoms. The van der Waals surface area contributed by atoms with E-state index in [0.717, 1.165) is 13.6 Å². The third kappa shape index (κ3) is 4.39. The van der Waals surface area contributed by atoms with Crippen molar-refractivity contribution in [1.82, 2.24) is 0 Å². The molecule has 0 aromatic heterocycles. The minimum absolute atomic E-state index is 0.216. The van der Waals surface area contributed by atoms with E-state index in [2.05, 4.69) is 53.1 Å². The lowest BCUT2D eigenvalue weighted by atomic mass is 10.3. The van der Waals surface area contributed by atoms with Gasteiger partial charge in [-0.1, -0.05) is 0 Å². The third-order valence-corrected chi connectivity index (χ3v) is 4.12. The van der Waals surface area contributed by atoms with Crippen LogP contribution in [0.5, 0.6) is 0 Å². The smallest absolute Gasteiger partial charge is 0.139 e. The summed E-state index contributed by atoms with van der Waals surface area (Å²) in [5.74, 6) is -0.216. The Morgan fingerprint density at radius 2 is 2.19 bits per heavy atom. The van der Waals surface area contributed by atoms with Crippen LogP contribution in [0.1, 0.15) is 0 Å². The first-order valence-electron chi connectivity index (χ1n) is 4.32. The molecule has 0 aliphatic heterocycles. The molecule has 0 unspecified atom stereocenters. The van der Waals surface area contributed by atoms with E-state index in [1.165, 1.54) is 17.8 Å². The Hall–Kier alpha value is 0.480. The van der Waals surface area contributed by atoms with Gasteiger partial charge in [0.1, 0.15) is 5.82 Å². The Morgan fingerprint density at radius 3 is 2.69 bits per heavy atom. The van der Waals surface area contributed by atoms with Gasteiger partial charge in [0.25, 0.3) is 0 Å². The van der Waals surface area contributed by atoms with E-state index in [-0.39, 0.29) is 5.82 Å². The molecule has 6 heteroatoms. The minimum Gasteiger partial charge on any atom is -0.381 e. The summed E-state index contributed by atoms with van der Waals surface area (Å²) >= 11 is 11.2. The SMILES string of the molecule is CSc1c(F)cc(NCC=C(Br)Br)cc1Br. The molecule has 1 N–H and O–H groups in total. The maximum absolute atomic E-state index is 13.6. The molecule has 0 radical (unpaired) electrons. The molecular weight excluding hydrogens is 425 g/mol. The summed E-state index contributed by atoms with van der Waals surface area (Å²) in [4.78, 5) is 0.628. The molecule has 0 aliphatic rings. The Labute approximate surface area is 124 Å². The van der Waals surface area contributed by atoms with Crippen LogP contribution in [0.3, 0.4) is 0 Å². The highest BCUT2D eigenvalue weighted by Crippen LogP contribution is 2.31. The molecule has 0 amide bonds. The van der Waals surface area contributed by atoms with Crippen LogP contribution in [-0.2, 0) is 0 Å². The van der Waals surface area contributed by atoms with E-state index in [4.69, 9.17) is 0 Å². The molecule has 0 aliphatic carbocycles. The van der Waals surface area contributed by atoms with Crippen molar-refractivity contribution in [2.24, 2.45) is 0 Å². The summed E-state index contributed by atoms with van der Waals surface area (Å²) in [7, 11) is 0. The second-order valence-electron chi connectivity index (χ2n) is 2.85. The van der Waals surface area contributed by atoms with Gasteiger partial charge in [0.2, 0.25) is 0 Å². The maximum Gasteiger partial charge on any atom is 0.139 e. The molecule has 0 fully saturated rings. The van der Waals surface area contributed by atoms with E-state index in [9.17, 15) is 4.39 Å². The van der Waals surface area contributed by atoms with Crippen LogP contribution in [0.15, 0.2) is 31.0 Å². The lowest BCUT2D eigenvalue weighted by Crippen LogP contribution is -1.99. The number of nitrogens with one attached hydrogen (secondary N) is 1. The number of thioether (sulfide) groups is 1. The zero-order valence-corrected chi connectivity index (χ0v) is 13.9. The highest BCUT2D eigenvalue weighted by molar-refractivity contribution is 9.28. The number of hydrogen-bond donors (Lipinski definition) is 1. The first kappa shape index (κ1) is 14.5. The van der Waals surface area contributed by atoms with Crippen LogP contribution >= 0.6 is 59.6 Å². The average molecular weight is 434 g/mol. The lowest BCUT2D eigenvalue weighted by molar-refractivity contribution is 0.601. The van der Waals surface area contributed by atoms with Gasteiger partial charge in [0.15, 0.2) is 0 Å². The third-order valence-electron chi connectivity index (χ3n) is 1.76. The van der Waals surface area contributed by atoms with Crippen molar-refractivity contribution in [3.8, 4) is 0 Å². The number of halogens is 4. The molecule has 0 bridgehead atoms. The van der Waals surface area contributed by atoms with Crippen LogP contribution < -0.4 is 5.32 Å². The fraction of sp³-hybridized carbons (Fsp3) is 0.200. The van der Waals surface area contributed by atoms with E-state index in [1.54, 1.807) is 0 Å². The van der Waals surface area contributed by atoms with Gasteiger partial charge < -0.3 is 5.32 Å². The quantitative estimate of drug-likeness (QED) is 0.642. The van der Waals surface area contributed by atoms with Gasteiger partial charge in [-0.05, 0) is 72.3 Å². The van der Waals surface area contributed by atoms with E-state index in [0.29, 0.717) is 11.4 Å². The zero-order chi connectivity index (χ0) is 12.1. The van der Waals surface area contributed by atoms with Crippen molar-refractivity contribution in [2.75, 3.05) is 18.1 Å². The predicted octanol–water partition coefficient (Wildman–Crippen LogP) is 5.35. The lowest BCUT2D eigenvalue weighted by Gasteiger charge is -2.08. The topological polar surface area (TPSA) is 12.0 Å². The van der Waals surface area contributed by atoms with E-state index in [1.807, 2.05) is 18.4 Å². The number of anilines is 1. The van der Waals surface area contributed by atoms with Crippen molar-refractivity contribution in [1.29, 1.82) is 0 Å². The van der Waals surface area contributed by atoms with Gasteiger partial charge in [0.05, 0.1) is 8.29 Å². The van der Waals surface area contributed by atoms with Crippen molar-refractivity contribution < 1.29 is 4.39 Å². The van der Waals surface area contributed by atoms with Gasteiger partial charge in [-0.2, -0.15) is 0 Å². The maximum atomic E-state index is 13.6. The summed E-state index contributed by atoms with van der Waals surface area (Å²) in [6, 6.07) is 3.36. The Kier molecular flexibility index (Phi) is 6.39. The number of hydrogen-bond acceptors (Lipinski definition) is 2. The predicted molar refractivity (Wildman–Crippen MR) is 80.3 cm³/mol. The highest BCUT2D eigenvalue weighted by Gasteiger charge is 2.07. The molecule has 0 heterocycles. The molecular formula is C10H9Br3FNS. The second-order valence-corrected chi connectivity index (χ2v) is 7.29. The van der Waals surface area contributed by atoms with Crippen LogP contribution in [0.2, 0.25) is 0 Å². The monoisotopic (exact) mass is 431 g/mol. The van der Waals surface area contributed by atoms with Crippen molar-refractivity contribution in [3.05, 3.63) is 31.9 Å². The van der Waals surface area contributed by atoms with E-state index < -0.39 is 0 Å². The molecule has 0 spiro atoms. The molecule has 88 valence electrons. The van der Waals surface area contributed by atoms with Gasteiger partial charge in [-0.15, -0.1) is 11.8 Å².